The van der Waals surface area contributed by atoms with Crippen molar-refractivity contribution in [1.29, 1.82) is 0 Å². The number of nitrogens with one attached hydrogen (secondary N) is 1. The lowest BCUT2D eigenvalue weighted by Gasteiger charge is -2.10. The molecule has 0 fully saturated rings. The molecule has 0 unspecified atom stereocenters. The first-order valence-electron chi connectivity index (χ1n) is 10.6. The van der Waals surface area contributed by atoms with Gasteiger partial charge < -0.3 is 10.4 Å². The first-order chi connectivity index (χ1) is 16.1. The van der Waals surface area contributed by atoms with Crippen molar-refractivity contribution in [3.05, 3.63) is 102 Å². The maximum Gasteiger partial charge on any atom is 0.223 e. The molecule has 0 bridgehead atoms. The number of aliphatic hydroxyl groups is 1. The van der Waals surface area contributed by atoms with Crippen LogP contribution in [0, 0.1) is 12.7 Å². The second kappa shape index (κ2) is 8.80. The molecule has 0 spiro atoms. The summed E-state index contributed by atoms with van der Waals surface area (Å²) in [5, 5.41) is 12.8. The lowest BCUT2D eigenvalue weighted by Crippen LogP contribution is -2.05. The Labute approximate surface area is 190 Å². The lowest BCUT2D eigenvalue weighted by molar-refractivity contribution is 0.282. The van der Waals surface area contributed by atoms with Crippen LogP contribution >= 0.6 is 0 Å². The Bertz CT molecular complexity index is 1430. The average molecular weight is 439 g/mol. The van der Waals surface area contributed by atoms with Crippen LogP contribution < -0.4 is 5.32 Å². The zero-order chi connectivity index (χ0) is 22.8. The molecule has 2 N–H and O–H groups in total. The van der Waals surface area contributed by atoms with Crippen LogP contribution in [0.25, 0.3) is 28.3 Å². The molecule has 0 amide bonds. The molecule has 164 valence electrons. The summed E-state index contributed by atoms with van der Waals surface area (Å²) in [5.41, 5.74) is 6.69. The number of halogens is 1. The van der Waals surface area contributed by atoms with Gasteiger partial charge in [-0.25, -0.2) is 19.3 Å². The summed E-state index contributed by atoms with van der Waals surface area (Å²) >= 11 is 0. The van der Waals surface area contributed by atoms with Crippen LogP contribution in [0.4, 0.5) is 10.3 Å². The Kier molecular flexibility index (Phi) is 5.54. The number of hydrogen-bond donors (Lipinski definition) is 2. The van der Waals surface area contributed by atoms with Gasteiger partial charge in [0.05, 0.1) is 23.7 Å². The predicted molar refractivity (Wildman–Crippen MR) is 126 cm³/mol. The Morgan fingerprint density at radius 2 is 1.82 bits per heavy atom. The number of rotatable bonds is 6. The molecule has 5 aromatic rings. The highest BCUT2D eigenvalue weighted by atomic mass is 19.1. The van der Waals surface area contributed by atoms with E-state index in [2.05, 4.69) is 29.4 Å². The molecule has 0 aliphatic heterocycles. The average Bonchev–Trinajstić information content (AvgIpc) is 3.23. The molecule has 0 atom stereocenters. The highest BCUT2D eigenvalue weighted by molar-refractivity contribution is 5.80. The van der Waals surface area contributed by atoms with Gasteiger partial charge in [0.1, 0.15) is 11.5 Å². The molecule has 0 saturated heterocycles. The van der Waals surface area contributed by atoms with Crippen molar-refractivity contribution in [1.82, 2.24) is 19.4 Å². The molecule has 33 heavy (non-hydrogen) atoms. The summed E-state index contributed by atoms with van der Waals surface area (Å²) < 4.78 is 15.5. The standard InChI is InChI=1S/C26H22FN5O/c1-17-4-2-3-5-20(17)15-29-26-28-12-10-22(30-26)25-24(19-6-8-21(27)9-7-19)31-23-14-18(16-33)11-13-32(23)25/h2-14,33H,15-16H2,1H3,(H,28,29,30). The van der Waals surface area contributed by atoms with Crippen LogP contribution in [0.5, 0.6) is 0 Å². The molecule has 7 heteroatoms. The molecule has 0 aliphatic rings. The van der Waals surface area contributed by atoms with E-state index in [4.69, 9.17) is 9.97 Å². The van der Waals surface area contributed by atoms with Crippen molar-refractivity contribution in [2.45, 2.75) is 20.1 Å². The van der Waals surface area contributed by atoms with Crippen LogP contribution in [0.2, 0.25) is 0 Å². The third-order valence-electron chi connectivity index (χ3n) is 5.59. The summed E-state index contributed by atoms with van der Waals surface area (Å²) in [6.07, 6.45) is 3.57. The van der Waals surface area contributed by atoms with E-state index in [0.29, 0.717) is 29.5 Å². The fourth-order valence-electron chi connectivity index (χ4n) is 3.80. The number of imidazole rings is 1. The number of pyridine rings is 1. The highest BCUT2D eigenvalue weighted by Gasteiger charge is 2.18. The van der Waals surface area contributed by atoms with Gasteiger partial charge in [-0.05, 0) is 66.1 Å². The Morgan fingerprint density at radius 1 is 1.00 bits per heavy atom. The third kappa shape index (κ3) is 4.18. The van der Waals surface area contributed by atoms with Crippen molar-refractivity contribution < 1.29 is 9.50 Å². The van der Waals surface area contributed by atoms with Gasteiger partial charge in [-0.1, -0.05) is 24.3 Å². The van der Waals surface area contributed by atoms with Gasteiger partial charge >= 0.3 is 0 Å². The van der Waals surface area contributed by atoms with Crippen molar-refractivity contribution in [3.63, 3.8) is 0 Å². The van der Waals surface area contributed by atoms with Gasteiger partial charge in [0.15, 0.2) is 0 Å². The van der Waals surface area contributed by atoms with Crippen LogP contribution in [0.1, 0.15) is 16.7 Å². The van der Waals surface area contributed by atoms with Gasteiger partial charge in [-0.15, -0.1) is 0 Å². The van der Waals surface area contributed by atoms with Crippen LogP contribution in [0.3, 0.4) is 0 Å². The number of benzene rings is 2. The second-order valence-electron chi connectivity index (χ2n) is 7.78. The van der Waals surface area contributed by atoms with E-state index >= 15 is 0 Å². The maximum atomic E-state index is 13.6. The SMILES string of the molecule is Cc1ccccc1CNc1nccc(-c2c(-c3ccc(F)cc3)nc3cc(CO)ccn23)n1. The molecule has 3 heterocycles. The molecular weight excluding hydrogens is 417 g/mol. The second-order valence-corrected chi connectivity index (χ2v) is 7.78. The minimum Gasteiger partial charge on any atom is -0.392 e. The number of aromatic nitrogens is 4. The minimum absolute atomic E-state index is 0.0783. The molecule has 2 aromatic carbocycles. The first kappa shape index (κ1) is 20.8. The number of aliphatic hydroxyl groups excluding tert-OH is 1. The quantitative estimate of drug-likeness (QED) is 0.389. The van der Waals surface area contributed by atoms with Crippen LogP contribution in [-0.4, -0.2) is 24.5 Å². The maximum absolute atomic E-state index is 13.6. The Morgan fingerprint density at radius 3 is 2.61 bits per heavy atom. The first-order valence-corrected chi connectivity index (χ1v) is 10.6. The van der Waals surface area contributed by atoms with Crippen molar-refractivity contribution in [2.24, 2.45) is 0 Å². The molecule has 0 saturated carbocycles. The summed E-state index contributed by atoms with van der Waals surface area (Å²) in [4.78, 5) is 13.9. The van der Waals surface area contributed by atoms with Crippen LogP contribution in [-0.2, 0) is 13.2 Å². The van der Waals surface area contributed by atoms with Crippen molar-refractivity contribution in [2.75, 3.05) is 5.32 Å². The lowest BCUT2D eigenvalue weighted by atomic mass is 10.1. The van der Waals surface area contributed by atoms with E-state index in [1.54, 1.807) is 18.3 Å². The topological polar surface area (TPSA) is 75.3 Å². The van der Waals surface area contributed by atoms with E-state index in [0.717, 1.165) is 16.8 Å². The molecule has 0 aliphatic carbocycles. The molecule has 5 rings (SSSR count). The van der Waals surface area contributed by atoms with Crippen molar-refractivity contribution in [3.8, 4) is 22.6 Å². The number of hydrogen-bond acceptors (Lipinski definition) is 5. The van der Waals surface area contributed by atoms with E-state index in [9.17, 15) is 9.50 Å². The summed E-state index contributed by atoms with van der Waals surface area (Å²) in [5.74, 6) is 0.194. The fraction of sp³-hybridized carbons (Fsp3) is 0.115. The summed E-state index contributed by atoms with van der Waals surface area (Å²) in [6, 6.07) is 19.9. The van der Waals surface area contributed by atoms with Gasteiger partial charge in [-0.3, -0.25) is 4.40 Å². The normalized spacial score (nSPS) is 11.1. The van der Waals surface area contributed by atoms with Gasteiger partial charge in [0.2, 0.25) is 5.95 Å². The fourth-order valence-corrected chi connectivity index (χ4v) is 3.80. The van der Waals surface area contributed by atoms with E-state index in [1.807, 2.05) is 40.9 Å². The number of nitrogens with zero attached hydrogens (tertiary/aromatic N) is 4. The number of aryl methyl sites for hydroxylation is 1. The van der Waals surface area contributed by atoms with Gasteiger partial charge in [-0.2, -0.15) is 0 Å². The van der Waals surface area contributed by atoms with E-state index in [-0.39, 0.29) is 12.4 Å². The molecule has 6 nitrogen and oxygen atoms in total. The molecule has 0 radical (unpaired) electrons. The third-order valence-corrected chi connectivity index (χ3v) is 5.59. The molecular formula is C26H22FN5O. The van der Waals surface area contributed by atoms with Gasteiger partial charge in [0, 0.05) is 24.5 Å². The van der Waals surface area contributed by atoms with E-state index < -0.39 is 0 Å². The highest BCUT2D eigenvalue weighted by Crippen LogP contribution is 2.32. The predicted octanol–water partition coefficient (Wildman–Crippen LogP) is 5.01. The van der Waals surface area contributed by atoms with Crippen molar-refractivity contribution >= 4 is 11.6 Å². The number of anilines is 1. The summed E-state index contributed by atoms with van der Waals surface area (Å²) in [6.45, 7) is 2.60. The Hall–Kier alpha value is -4.10. The smallest absolute Gasteiger partial charge is 0.223 e. The zero-order valence-electron chi connectivity index (χ0n) is 18.0. The van der Waals surface area contributed by atoms with Gasteiger partial charge in [0.25, 0.3) is 0 Å². The molecule has 3 aromatic heterocycles. The minimum atomic E-state index is -0.309. The monoisotopic (exact) mass is 439 g/mol. The number of fused-ring (bicyclic) bond motifs is 1. The largest absolute Gasteiger partial charge is 0.392 e. The Balaban J connectivity index is 1.58. The summed E-state index contributed by atoms with van der Waals surface area (Å²) in [7, 11) is 0. The zero-order valence-corrected chi connectivity index (χ0v) is 18.0. The van der Waals surface area contributed by atoms with E-state index in [1.165, 1.54) is 23.3 Å². The van der Waals surface area contributed by atoms with Crippen LogP contribution in [0.15, 0.2) is 79.1 Å².